The third-order valence-corrected chi connectivity index (χ3v) is 3.51. The van der Waals surface area contributed by atoms with E-state index >= 15 is 0 Å². The topological polar surface area (TPSA) is 46.2 Å². The molecule has 0 heterocycles. The van der Waals surface area contributed by atoms with Gasteiger partial charge in [0.05, 0.1) is 0 Å². The first-order chi connectivity index (χ1) is 8.24. The number of hydrogen-bond donors (Lipinski definition) is 1. The average molecular weight is 229 g/mol. The van der Waals surface area contributed by atoms with Gasteiger partial charge < -0.3 is 5.32 Å². The van der Waals surface area contributed by atoms with Gasteiger partial charge in [-0.15, -0.1) is 0 Å². The standard InChI is InChI=1S/C14H15NO2/c16-13-8-10(14(17)15-11-5-6-11)7-9-3-1-2-4-12(9)13/h1-4,10-11H,5-8H2,(H,15,17). The van der Waals surface area contributed by atoms with Crippen LogP contribution in [0.15, 0.2) is 24.3 Å². The van der Waals surface area contributed by atoms with Crippen molar-refractivity contribution >= 4 is 11.7 Å². The maximum atomic E-state index is 11.9. The van der Waals surface area contributed by atoms with Crippen LogP contribution in [0.5, 0.6) is 0 Å². The second kappa shape index (κ2) is 3.99. The lowest BCUT2D eigenvalue weighted by atomic mass is 9.82. The summed E-state index contributed by atoms with van der Waals surface area (Å²) >= 11 is 0. The zero-order chi connectivity index (χ0) is 11.8. The molecule has 2 aliphatic carbocycles. The normalized spacial score (nSPS) is 23.1. The maximum absolute atomic E-state index is 11.9. The van der Waals surface area contributed by atoms with E-state index in [-0.39, 0.29) is 17.6 Å². The van der Waals surface area contributed by atoms with Crippen LogP contribution in [0.25, 0.3) is 0 Å². The van der Waals surface area contributed by atoms with Crippen molar-refractivity contribution in [1.29, 1.82) is 0 Å². The molecule has 0 radical (unpaired) electrons. The van der Waals surface area contributed by atoms with E-state index in [2.05, 4.69) is 5.32 Å². The molecule has 1 aromatic rings. The Bertz CT molecular complexity index is 477. The Kier molecular flexibility index (Phi) is 2.46. The first-order valence-corrected chi connectivity index (χ1v) is 6.15. The van der Waals surface area contributed by atoms with E-state index in [0.29, 0.717) is 18.9 Å². The van der Waals surface area contributed by atoms with Crippen LogP contribution in [-0.2, 0) is 11.2 Å². The Hall–Kier alpha value is -1.64. The van der Waals surface area contributed by atoms with Crippen LogP contribution in [0.2, 0.25) is 0 Å². The number of rotatable bonds is 2. The molecule has 1 unspecified atom stereocenters. The van der Waals surface area contributed by atoms with Crippen molar-refractivity contribution in [1.82, 2.24) is 5.32 Å². The van der Waals surface area contributed by atoms with Gasteiger partial charge in [0.2, 0.25) is 5.91 Å². The van der Waals surface area contributed by atoms with Gasteiger partial charge in [0, 0.05) is 23.9 Å². The minimum absolute atomic E-state index is 0.0513. The van der Waals surface area contributed by atoms with Crippen LogP contribution < -0.4 is 5.32 Å². The highest BCUT2D eigenvalue weighted by atomic mass is 16.2. The summed E-state index contributed by atoms with van der Waals surface area (Å²) in [5.41, 5.74) is 1.81. The van der Waals surface area contributed by atoms with Crippen molar-refractivity contribution < 1.29 is 9.59 Å². The fraction of sp³-hybridized carbons (Fsp3) is 0.429. The molecule has 3 heteroatoms. The monoisotopic (exact) mass is 229 g/mol. The highest BCUT2D eigenvalue weighted by molar-refractivity contribution is 6.01. The summed E-state index contributed by atoms with van der Waals surface area (Å²) in [6, 6.07) is 7.97. The summed E-state index contributed by atoms with van der Waals surface area (Å²) < 4.78 is 0. The zero-order valence-corrected chi connectivity index (χ0v) is 9.61. The number of Topliss-reactive ketones (excluding diaryl/α,β-unsaturated/α-hetero) is 1. The third kappa shape index (κ3) is 2.09. The molecule has 0 aliphatic heterocycles. The Morgan fingerprint density at radius 1 is 1.18 bits per heavy atom. The molecule has 1 fully saturated rings. The maximum Gasteiger partial charge on any atom is 0.224 e. The van der Waals surface area contributed by atoms with Gasteiger partial charge in [-0.05, 0) is 24.8 Å². The van der Waals surface area contributed by atoms with Crippen LogP contribution in [0.4, 0.5) is 0 Å². The minimum Gasteiger partial charge on any atom is -0.353 e. The molecule has 3 nitrogen and oxygen atoms in total. The van der Waals surface area contributed by atoms with Crippen molar-refractivity contribution in [3.05, 3.63) is 35.4 Å². The minimum atomic E-state index is -0.169. The summed E-state index contributed by atoms with van der Waals surface area (Å²) in [6.07, 6.45) is 3.22. The van der Waals surface area contributed by atoms with Crippen molar-refractivity contribution in [3.8, 4) is 0 Å². The lowest BCUT2D eigenvalue weighted by molar-refractivity contribution is -0.125. The van der Waals surface area contributed by atoms with Gasteiger partial charge in [-0.25, -0.2) is 0 Å². The Balaban J connectivity index is 1.78. The number of nitrogens with one attached hydrogen (secondary N) is 1. The largest absolute Gasteiger partial charge is 0.353 e. The molecule has 0 spiro atoms. The zero-order valence-electron chi connectivity index (χ0n) is 9.61. The molecule has 3 rings (SSSR count). The molecule has 1 amide bonds. The SMILES string of the molecule is O=C1CC(C(=O)NC2CC2)Cc2ccccc21. The number of carbonyl (C=O) groups excluding carboxylic acids is 2. The lowest BCUT2D eigenvalue weighted by Crippen LogP contribution is -2.36. The number of fused-ring (bicyclic) bond motifs is 1. The van der Waals surface area contributed by atoms with Gasteiger partial charge in [0.25, 0.3) is 0 Å². The fourth-order valence-electron chi connectivity index (χ4n) is 2.37. The fourth-order valence-corrected chi connectivity index (χ4v) is 2.37. The van der Waals surface area contributed by atoms with Gasteiger partial charge in [-0.2, -0.15) is 0 Å². The highest BCUT2D eigenvalue weighted by Crippen LogP contribution is 2.27. The molecule has 88 valence electrons. The molecule has 17 heavy (non-hydrogen) atoms. The molecular formula is C14H15NO2. The number of hydrogen-bond acceptors (Lipinski definition) is 2. The average Bonchev–Trinajstić information content (AvgIpc) is 3.13. The molecule has 1 aromatic carbocycles. The van der Waals surface area contributed by atoms with E-state index < -0.39 is 0 Å². The van der Waals surface area contributed by atoms with E-state index in [1.54, 1.807) is 0 Å². The van der Waals surface area contributed by atoms with Crippen molar-refractivity contribution in [2.24, 2.45) is 5.92 Å². The first kappa shape index (κ1) is 10.5. The molecule has 1 N–H and O–H groups in total. The number of benzene rings is 1. The van der Waals surface area contributed by atoms with Crippen LogP contribution >= 0.6 is 0 Å². The van der Waals surface area contributed by atoms with Crippen molar-refractivity contribution in [3.63, 3.8) is 0 Å². The number of carbonyl (C=O) groups is 2. The van der Waals surface area contributed by atoms with E-state index in [1.807, 2.05) is 24.3 Å². The number of ketones is 1. The van der Waals surface area contributed by atoms with E-state index in [0.717, 1.165) is 24.0 Å². The Morgan fingerprint density at radius 2 is 1.94 bits per heavy atom. The van der Waals surface area contributed by atoms with Gasteiger partial charge in [0.15, 0.2) is 5.78 Å². The molecule has 0 aromatic heterocycles. The summed E-state index contributed by atoms with van der Waals surface area (Å²) in [4.78, 5) is 23.9. The Morgan fingerprint density at radius 3 is 2.71 bits per heavy atom. The predicted octanol–water partition coefficient (Wildman–Crippen LogP) is 1.71. The first-order valence-electron chi connectivity index (χ1n) is 6.15. The molecule has 2 aliphatic rings. The van der Waals surface area contributed by atoms with Crippen LogP contribution in [0.3, 0.4) is 0 Å². The number of amides is 1. The molecule has 0 bridgehead atoms. The predicted molar refractivity (Wildman–Crippen MR) is 63.7 cm³/mol. The summed E-state index contributed by atoms with van der Waals surface area (Å²) in [5.74, 6) is -0.0175. The molecule has 0 saturated heterocycles. The van der Waals surface area contributed by atoms with Gasteiger partial charge in [0.1, 0.15) is 0 Å². The summed E-state index contributed by atoms with van der Waals surface area (Å²) in [7, 11) is 0. The van der Waals surface area contributed by atoms with Gasteiger partial charge >= 0.3 is 0 Å². The van der Waals surface area contributed by atoms with Crippen LogP contribution in [0, 0.1) is 5.92 Å². The van der Waals surface area contributed by atoms with Crippen molar-refractivity contribution in [2.45, 2.75) is 31.7 Å². The summed E-state index contributed by atoms with van der Waals surface area (Å²) in [6.45, 7) is 0. The lowest BCUT2D eigenvalue weighted by Gasteiger charge is -2.22. The van der Waals surface area contributed by atoms with Crippen molar-refractivity contribution in [2.75, 3.05) is 0 Å². The quantitative estimate of drug-likeness (QED) is 0.839. The second-order valence-electron chi connectivity index (χ2n) is 4.97. The molecular weight excluding hydrogens is 214 g/mol. The smallest absolute Gasteiger partial charge is 0.224 e. The van der Waals surface area contributed by atoms with E-state index in [4.69, 9.17) is 0 Å². The Labute approximate surface area is 100 Å². The summed E-state index contributed by atoms with van der Waals surface area (Å²) in [5, 5.41) is 2.98. The van der Waals surface area contributed by atoms with E-state index in [9.17, 15) is 9.59 Å². The highest BCUT2D eigenvalue weighted by Gasteiger charge is 2.32. The van der Waals surface area contributed by atoms with Crippen LogP contribution in [-0.4, -0.2) is 17.7 Å². The van der Waals surface area contributed by atoms with Gasteiger partial charge in [-0.1, -0.05) is 24.3 Å². The van der Waals surface area contributed by atoms with E-state index in [1.165, 1.54) is 0 Å². The van der Waals surface area contributed by atoms with Crippen LogP contribution in [0.1, 0.15) is 35.2 Å². The molecule has 1 saturated carbocycles. The third-order valence-electron chi connectivity index (χ3n) is 3.51. The van der Waals surface area contributed by atoms with Gasteiger partial charge in [-0.3, -0.25) is 9.59 Å². The second-order valence-corrected chi connectivity index (χ2v) is 4.97. The molecule has 1 atom stereocenters.